The molecule has 0 aliphatic carbocycles. The normalized spacial score (nSPS) is 28.6. The molecule has 0 spiro atoms. The maximum absolute atomic E-state index is 8.97. The minimum absolute atomic E-state index is 0.0226. The Kier molecular flexibility index (Phi) is 5.79. The first-order chi connectivity index (χ1) is 7.69. The number of rotatable bonds is 5. The lowest BCUT2D eigenvalue weighted by Gasteiger charge is -2.38. The van der Waals surface area contributed by atoms with Crippen LogP contribution < -0.4 is 5.32 Å². The van der Waals surface area contributed by atoms with E-state index in [0.717, 1.165) is 25.4 Å². The second-order valence-corrected chi connectivity index (χ2v) is 4.92. The molecule has 0 amide bonds. The van der Waals surface area contributed by atoms with Crippen LogP contribution in [0.2, 0.25) is 0 Å². The minimum Gasteiger partial charge on any atom is -0.302 e. The number of nitrogens with zero attached hydrogens (tertiary/aromatic N) is 2. The summed E-state index contributed by atoms with van der Waals surface area (Å²) >= 11 is 0. The molecule has 1 rings (SSSR count). The molecule has 0 radical (unpaired) electrons. The average Bonchev–Trinajstić information content (AvgIpc) is 2.29. The van der Waals surface area contributed by atoms with E-state index in [2.05, 4.69) is 37.1 Å². The summed E-state index contributed by atoms with van der Waals surface area (Å²) in [5.74, 6) is 0.799. The molecule has 16 heavy (non-hydrogen) atoms. The third-order valence-electron chi connectivity index (χ3n) is 3.82. The van der Waals surface area contributed by atoms with Crippen LogP contribution in [0, 0.1) is 17.2 Å². The summed E-state index contributed by atoms with van der Waals surface area (Å²) in [7, 11) is 0. The Morgan fingerprint density at radius 2 is 2.25 bits per heavy atom. The van der Waals surface area contributed by atoms with Crippen molar-refractivity contribution in [1.82, 2.24) is 10.2 Å². The summed E-state index contributed by atoms with van der Waals surface area (Å²) in [4.78, 5) is 2.54. The third-order valence-corrected chi connectivity index (χ3v) is 3.82. The summed E-state index contributed by atoms with van der Waals surface area (Å²) in [5, 5.41) is 12.2. The Hall–Kier alpha value is -0.590. The second kappa shape index (κ2) is 6.88. The lowest BCUT2D eigenvalue weighted by atomic mass is 9.92. The molecule has 3 atom stereocenters. The maximum atomic E-state index is 8.97. The first-order valence-corrected chi connectivity index (χ1v) is 6.56. The van der Waals surface area contributed by atoms with E-state index in [1.807, 2.05) is 0 Å². The molecule has 1 aliphatic heterocycles. The van der Waals surface area contributed by atoms with Crippen LogP contribution in [-0.2, 0) is 0 Å². The molecule has 0 aromatic rings. The lowest BCUT2D eigenvalue weighted by Crippen LogP contribution is -2.44. The predicted molar refractivity (Wildman–Crippen MR) is 67.1 cm³/mol. The van der Waals surface area contributed by atoms with Gasteiger partial charge in [-0.25, -0.2) is 0 Å². The fourth-order valence-electron chi connectivity index (χ4n) is 2.49. The van der Waals surface area contributed by atoms with E-state index in [0.29, 0.717) is 6.04 Å². The van der Waals surface area contributed by atoms with Gasteiger partial charge in [-0.2, -0.15) is 5.26 Å². The van der Waals surface area contributed by atoms with Crippen LogP contribution in [-0.4, -0.2) is 36.6 Å². The minimum atomic E-state index is 0.0226. The molecule has 1 aliphatic rings. The van der Waals surface area contributed by atoms with Crippen molar-refractivity contribution in [3.63, 3.8) is 0 Å². The van der Waals surface area contributed by atoms with Gasteiger partial charge in [0.2, 0.25) is 0 Å². The number of hydrogen-bond donors (Lipinski definition) is 1. The van der Waals surface area contributed by atoms with Crippen LogP contribution in [0.4, 0.5) is 0 Å². The highest BCUT2D eigenvalue weighted by atomic mass is 15.2. The van der Waals surface area contributed by atoms with Crippen LogP contribution in [0.3, 0.4) is 0 Å². The molecular formula is C13H25N3. The SMILES string of the molecule is CCNC(C#N)CCN1CCCC(C)C1C. The highest BCUT2D eigenvalue weighted by Crippen LogP contribution is 2.22. The van der Waals surface area contributed by atoms with Crippen molar-refractivity contribution in [2.24, 2.45) is 5.92 Å². The fraction of sp³-hybridized carbons (Fsp3) is 0.923. The Balaban J connectivity index is 2.33. The maximum Gasteiger partial charge on any atom is 0.0965 e. The molecule has 0 aromatic carbocycles. The predicted octanol–water partition coefficient (Wildman–Crippen LogP) is 2.00. The van der Waals surface area contributed by atoms with Gasteiger partial charge in [-0.3, -0.25) is 0 Å². The monoisotopic (exact) mass is 223 g/mol. The lowest BCUT2D eigenvalue weighted by molar-refractivity contribution is 0.111. The summed E-state index contributed by atoms with van der Waals surface area (Å²) < 4.78 is 0. The summed E-state index contributed by atoms with van der Waals surface area (Å²) in [6, 6.07) is 3.03. The van der Waals surface area contributed by atoms with Gasteiger partial charge in [0, 0.05) is 12.6 Å². The highest BCUT2D eigenvalue weighted by molar-refractivity contribution is 4.90. The van der Waals surface area contributed by atoms with Crippen molar-refractivity contribution in [2.75, 3.05) is 19.6 Å². The molecule has 0 saturated carbocycles. The molecule has 1 saturated heterocycles. The molecule has 0 bridgehead atoms. The van der Waals surface area contributed by atoms with Crippen LogP contribution >= 0.6 is 0 Å². The standard InChI is InChI=1S/C13H25N3/c1-4-15-13(10-14)7-9-16-8-5-6-11(2)12(16)3/h11-13,15H,4-9H2,1-3H3. The Labute approximate surface area is 99.8 Å². The van der Waals surface area contributed by atoms with Gasteiger partial charge in [0.25, 0.3) is 0 Å². The van der Waals surface area contributed by atoms with Gasteiger partial charge in [0.1, 0.15) is 0 Å². The summed E-state index contributed by atoms with van der Waals surface area (Å²) in [5.41, 5.74) is 0. The number of piperidine rings is 1. The van der Waals surface area contributed by atoms with Gasteiger partial charge >= 0.3 is 0 Å². The van der Waals surface area contributed by atoms with Crippen LogP contribution in [0.15, 0.2) is 0 Å². The largest absolute Gasteiger partial charge is 0.302 e. The molecule has 3 unspecified atom stereocenters. The van der Waals surface area contributed by atoms with Gasteiger partial charge in [-0.15, -0.1) is 0 Å². The highest BCUT2D eigenvalue weighted by Gasteiger charge is 2.24. The van der Waals surface area contributed by atoms with E-state index in [-0.39, 0.29) is 6.04 Å². The van der Waals surface area contributed by atoms with Gasteiger partial charge in [-0.1, -0.05) is 13.8 Å². The third kappa shape index (κ3) is 3.77. The molecule has 1 fully saturated rings. The molecule has 3 nitrogen and oxygen atoms in total. The topological polar surface area (TPSA) is 39.1 Å². The van der Waals surface area contributed by atoms with E-state index >= 15 is 0 Å². The molecule has 1 heterocycles. The fourth-order valence-corrected chi connectivity index (χ4v) is 2.49. The first kappa shape index (κ1) is 13.5. The quantitative estimate of drug-likeness (QED) is 0.775. The van der Waals surface area contributed by atoms with Crippen molar-refractivity contribution < 1.29 is 0 Å². The molecule has 1 N–H and O–H groups in total. The Bertz CT molecular complexity index is 234. The molecule has 3 heteroatoms. The van der Waals surface area contributed by atoms with Gasteiger partial charge < -0.3 is 10.2 Å². The first-order valence-electron chi connectivity index (χ1n) is 6.56. The van der Waals surface area contributed by atoms with Crippen molar-refractivity contribution in [3.05, 3.63) is 0 Å². The number of likely N-dealkylation sites (tertiary alicyclic amines) is 1. The van der Waals surface area contributed by atoms with Crippen molar-refractivity contribution >= 4 is 0 Å². The van der Waals surface area contributed by atoms with Crippen molar-refractivity contribution in [2.45, 2.75) is 52.1 Å². The van der Waals surface area contributed by atoms with Crippen molar-refractivity contribution in [1.29, 1.82) is 5.26 Å². The van der Waals surface area contributed by atoms with Crippen LogP contribution in [0.25, 0.3) is 0 Å². The van der Waals surface area contributed by atoms with E-state index < -0.39 is 0 Å². The Morgan fingerprint density at radius 1 is 1.50 bits per heavy atom. The van der Waals surface area contributed by atoms with Crippen LogP contribution in [0.1, 0.15) is 40.0 Å². The molecular weight excluding hydrogens is 198 g/mol. The van der Waals surface area contributed by atoms with E-state index in [1.165, 1.54) is 19.4 Å². The van der Waals surface area contributed by atoms with E-state index in [4.69, 9.17) is 5.26 Å². The number of nitriles is 1. The average molecular weight is 223 g/mol. The van der Waals surface area contributed by atoms with E-state index in [9.17, 15) is 0 Å². The van der Waals surface area contributed by atoms with Gasteiger partial charge in [0.15, 0.2) is 0 Å². The second-order valence-electron chi connectivity index (χ2n) is 4.92. The zero-order valence-corrected chi connectivity index (χ0v) is 10.9. The van der Waals surface area contributed by atoms with Gasteiger partial charge in [-0.05, 0) is 45.2 Å². The van der Waals surface area contributed by atoms with Crippen LogP contribution in [0.5, 0.6) is 0 Å². The van der Waals surface area contributed by atoms with E-state index in [1.54, 1.807) is 0 Å². The smallest absolute Gasteiger partial charge is 0.0965 e. The zero-order valence-electron chi connectivity index (χ0n) is 10.9. The van der Waals surface area contributed by atoms with Gasteiger partial charge in [0.05, 0.1) is 12.1 Å². The zero-order chi connectivity index (χ0) is 12.0. The summed E-state index contributed by atoms with van der Waals surface area (Å²) in [6.45, 7) is 9.84. The Morgan fingerprint density at radius 3 is 2.88 bits per heavy atom. The number of hydrogen-bond acceptors (Lipinski definition) is 3. The summed E-state index contributed by atoms with van der Waals surface area (Å²) in [6.07, 6.45) is 3.61. The van der Waals surface area contributed by atoms with Crippen molar-refractivity contribution in [3.8, 4) is 6.07 Å². The molecule has 0 aromatic heterocycles. The number of nitrogens with one attached hydrogen (secondary N) is 1. The molecule has 92 valence electrons.